The Morgan fingerprint density at radius 2 is 0.872 bits per heavy atom. The largest absolute Gasteiger partial charge is 0.467 e. The van der Waals surface area contributed by atoms with Gasteiger partial charge in [0.15, 0.2) is 0 Å². The zero-order valence-corrected chi connectivity index (χ0v) is 45.1. The van der Waals surface area contributed by atoms with Crippen molar-refractivity contribution in [1.29, 1.82) is 0 Å². The van der Waals surface area contributed by atoms with Crippen LogP contribution in [-0.4, -0.2) is 133 Å². The van der Waals surface area contributed by atoms with Gasteiger partial charge in [-0.05, 0) is 103 Å². The Labute approximate surface area is 460 Å². The Balaban J connectivity index is 0.000000202. The first-order valence-electron chi connectivity index (χ1n) is 25.3. The van der Waals surface area contributed by atoms with E-state index in [2.05, 4.69) is 23.7 Å². The molecule has 0 N–H and O–H groups in total. The molecule has 404 valence electrons. The van der Waals surface area contributed by atoms with Gasteiger partial charge >= 0.3 is 18.0 Å². The van der Waals surface area contributed by atoms with Crippen LogP contribution in [0.15, 0.2) is 170 Å². The van der Waals surface area contributed by atoms with Crippen LogP contribution in [0.5, 0.6) is 0 Å². The zero-order chi connectivity index (χ0) is 56.0. The van der Waals surface area contributed by atoms with Crippen LogP contribution in [0.25, 0.3) is 0 Å². The van der Waals surface area contributed by atoms with Crippen LogP contribution < -0.4 is 0 Å². The highest BCUT2D eigenvalue weighted by Crippen LogP contribution is 2.30. The van der Waals surface area contributed by atoms with E-state index in [1.807, 2.05) is 131 Å². The lowest BCUT2D eigenvalue weighted by molar-refractivity contribution is -0.156. The molecule has 2 aliphatic rings. The van der Waals surface area contributed by atoms with Gasteiger partial charge in [0.05, 0.1) is 39.1 Å². The summed E-state index contributed by atoms with van der Waals surface area (Å²) >= 11 is 5.67. The summed E-state index contributed by atoms with van der Waals surface area (Å²) in [4.78, 5) is 69.7. The molecular weight excluding hydrogens is 1010 g/mol. The van der Waals surface area contributed by atoms with E-state index in [0.29, 0.717) is 57.9 Å². The average molecular weight is 1080 g/mol. The van der Waals surface area contributed by atoms with Crippen molar-refractivity contribution in [2.24, 2.45) is 0 Å². The van der Waals surface area contributed by atoms with Crippen molar-refractivity contribution in [2.45, 2.75) is 50.3 Å². The monoisotopic (exact) mass is 1080 g/mol. The van der Waals surface area contributed by atoms with Crippen molar-refractivity contribution in [3.05, 3.63) is 215 Å². The Hall–Kier alpha value is -8.14. The maximum atomic E-state index is 13.9. The minimum absolute atomic E-state index is 0.130. The van der Waals surface area contributed by atoms with Crippen LogP contribution in [0.4, 0.5) is 13.6 Å². The third-order valence-electron chi connectivity index (χ3n) is 12.6. The molecule has 78 heavy (non-hydrogen) atoms. The normalized spacial score (nSPS) is 15.4. The van der Waals surface area contributed by atoms with E-state index in [4.69, 9.17) is 25.8 Å². The molecule has 2 atom stereocenters. The molecule has 2 fully saturated rings. The Morgan fingerprint density at radius 3 is 1.22 bits per heavy atom. The number of ether oxygens (including phenoxy) is 3. The van der Waals surface area contributed by atoms with E-state index in [-0.39, 0.29) is 28.7 Å². The Kier molecular flexibility index (Phi) is 22.3. The van der Waals surface area contributed by atoms with Crippen LogP contribution in [0.1, 0.15) is 66.0 Å². The number of hydrogen-bond acceptors (Lipinski definition) is 10. The molecule has 15 heteroatoms. The number of methoxy groups -OCH3 is 2. The van der Waals surface area contributed by atoms with Gasteiger partial charge in [0.25, 0.3) is 0 Å². The minimum Gasteiger partial charge on any atom is -0.467 e. The first-order chi connectivity index (χ1) is 37.5. The Morgan fingerprint density at radius 1 is 0.526 bits per heavy atom. The summed E-state index contributed by atoms with van der Waals surface area (Å²) < 4.78 is 41.3. The second-order valence-electron chi connectivity index (χ2n) is 19.2. The highest BCUT2D eigenvalue weighted by atomic mass is 35.5. The van der Waals surface area contributed by atoms with Crippen LogP contribution in [0, 0.1) is 35.3 Å². The zero-order valence-electron chi connectivity index (χ0n) is 44.3. The van der Waals surface area contributed by atoms with Gasteiger partial charge in [-0.3, -0.25) is 24.3 Å². The second kappa shape index (κ2) is 29.4. The quantitative estimate of drug-likeness (QED) is 0.0567. The standard InChI is InChI=1S/C29H27FN2O3.C20H25FN2O4.C14H11ClO/c1-35-29(34)26-21-31(18-8-9-22-14-16-25(30)17-15-22)19-20-32(26)28(33)27(23-10-4-2-5-11-23)24-12-6-3-7-13-24;1-20(2,3)27-19(25)23-13-12-22(14-17(23)18(24)26-4)11-5-6-15-7-9-16(21)10-8-15;15-14(16)13(11-7-3-1-4-8-11)12-9-5-2-6-10-12/h2-7,10-17,26-27H,18-21H2,1H3;7-10,17H,11-14H2,1-4H3;1-10,13H/t26-;17-;/m00./s1. The fourth-order valence-corrected chi connectivity index (χ4v) is 8.95. The SMILES string of the molecule is COC(=O)[C@@H]1CN(CC#Cc2ccc(F)cc2)CCN1C(=O)C(c1ccccc1)c1ccccc1.COC(=O)[C@@H]1CN(CC#Cc2ccc(F)cc2)CCN1C(=O)OC(C)(C)C.O=C(Cl)C(c1ccccc1)c1ccccc1. The number of amides is 2. The molecule has 6 aromatic rings. The molecule has 2 aliphatic heterocycles. The second-order valence-corrected chi connectivity index (χ2v) is 19.6. The first kappa shape index (κ1) is 59.1. The van der Waals surface area contributed by atoms with Crippen molar-refractivity contribution in [2.75, 3.05) is 66.6 Å². The van der Waals surface area contributed by atoms with Gasteiger partial charge in [-0.2, -0.15) is 0 Å². The molecule has 0 aromatic heterocycles. The number of carbonyl (C=O) groups is 5. The number of rotatable bonds is 10. The van der Waals surface area contributed by atoms with Crippen LogP contribution >= 0.6 is 11.6 Å². The summed E-state index contributed by atoms with van der Waals surface area (Å²) in [5.41, 5.74) is 4.39. The third kappa shape index (κ3) is 17.7. The van der Waals surface area contributed by atoms with E-state index in [1.165, 1.54) is 43.4 Å². The number of halogens is 3. The summed E-state index contributed by atoms with van der Waals surface area (Å²) in [6.45, 7) is 8.67. The molecule has 0 aliphatic carbocycles. The summed E-state index contributed by atoms with van der Waals surface area (Å²) in [5.74, 6) is 9.51. The van der Waals surface area contributed by atoms with Crippen molar-refractivity contribution < 1.29 is 47.0 Å². The smallest absolute Gasteiger partial charge is 0.411 e. The predicted molar refractivity (Wildman–Crippen MR) is 296 cm³/mol. The van der Waals surface area contributed by atoms with Gasteiger partial charge < -0.3 is 19.1 Å². The van der Waals surface area contributed by atoms with E-state index >= 15 is 0 Å². The number of benzene rings is 6. The summed E-state index contributed by atoms with van der Waals surface area (Å²) in [6, 6.07) is 48.8. The van der Waals surface area contributed by atoms with E-state index in [9.17, 15) is 32.8 Å². The van der Waals surface area contributed by atoms with E-state index in [0.717, 1.165) is 27.8 Å². The lowest BCUT2D eigenvalue weighted by Crippen LogP contribution is -2.59. The molecule has 0 radical (unpaired) electrons. The molecule has 2 saturated heterocycles. The molecule has 8 rings (SSSR count). The summed E-state index contributed by atoms with van der Waals surface area (Å²) in [7, 11) is 2.63. The van der Waals surface area contributed by atoms with Crippen molar-refractivity contribution in [3.63, 3.8) is 0 Å². The molecule has 12 nitrogen and oxygen atoms in total. The molecule has 0 bridgehead atoms. The number of carbonyl (C=O) groups excluding carboxylic acids is 5. The molecule has 0 saturated carbocycles. The minimum atomic E-state index is -0.744. The number of hydrogen-bond donors (Lipinski definition) is 0. The van der Waals surface area contributed by atoms with Gasteiger partial charge in [0.2, 0.25) is 11.1 Å². The molecular formula is C63H63ClF2N4O8. The highest BCUT2D eigenvalue weighted by Gasteiger charge is 2.40. The number of piperazine rings is 2. The van der Waals surface area contributed by atoms with E-state index < -0.39 is 41.6 Å². The van der Waals surface area contributed by atoms with Gasteiger partial charge in [-0.25, -0.2) is 23.2 Å². The number of nitrogens with zero attached hydrogens (tertiary/aromatic N) is 4. The van der Waals surface area contributed by atoms with Crippen molar-refractivity contribution >= 4 is 40.8 Å². The van der Waals surface area contributed by atoms with Gasteiger partial charge in [0, 0.05) is 50.4 Å². The fraction of sp³-hybridized carbons (Fsp3) is 0.286. The van der Waals surface area contributed by atoms with Crippen LogP contribution in [0.2, 0.25) is 0 Å². The van der Waals surface area contributed by atoms with Gasteiger partial charge in [0.1, 0.15) is 29.3 Å². The molecule has 6 aromatic carbocycles. The first-order valence-corrected chi connectivity index (χ1v) is 25.7. The van der Waals surface area contributed by atoms with Crippen LogP contribution in [0.3, 0.4) is 0 Å². The maximum Gasteiger partial charge on any atom is 0.411 e. The Bertz CT molecular complexity index is 2960. The highest BCUT2D eigenvalue weighted by molar-refractivity contribution is 6.65. The molecule has 2 amide bonds. The van der Waals surface area contributed by atoms with Crippen molar-refractivity contribution in [1.82, 2.24) is 19.6 Å². The summed E-state index contributed by atoms with van der Waals surface area (Å²) in [6.07, 6.45) is -0.532. The lowest BCUT2D eigenvalue weighted by Gasteiger charge is -2.40. The summed E-state index contributed by atoms with van der Waals surface area (Å²) in [5, 5.41) is -0.350. The predicted octanol–water partition coefficient (Wildman–Crippen LogP) is 9.55. The molecule has 0 unspecified atom stereocenters. The third-order valence-corrected chi connectivity index (χ3v) is 12.8. The fourth-order valence-electron chi connectivity index (χ4n) is 8.70. The van der Waals surface area contributed by atoms with Gasteiger partial charge in [-0.1, -0.05) is 145 Å². The average Bonchev–Trinajstić information content (AvgIpc) is 3.50. The number of esters is 2. The van der Waals surface area contributed by atoms with Crippen molar-refractivity contribution in [3.8, 4) is 23.7 Å². The lowest BCUT2D eigenvalue weighted by atomic mass is 9.89. The molecule has 0 spiro atoms. The topological polar surface area (TPSA) is 126 Å². The van der Waals surface area contributed by atoms with Crippen LogP contribution in [-0.2, 0) is 33.4 Å². The maximum absolute atomic E-state index is 13.9. The van der Waals surface area contributed by atoms with E-state index in [1.54, 1.807) is 49.9 Å². The molecule has 2 heterocycles. The van der Waals surface area contributed by atoms with Gasteiger partial charge in [-0.15, -0.1) is 0 Å².